The minimum Gasteiger partial charge on any atom is -0.495 e. The number of hydrogen-bond acceptors (Lipinski definition) is 9. The molecule has 2 aromatic rings. The molecule has 1 aliphatic heterocycles. The van der Waals surface area contributed by atoms with Gasteiger partial charge in [0.2, 0.25) is 23.7 Å². The fraction of sp³-hybridized carbons (Fsp3) is 0.474. The van der Waals surface area contributed by atoms with Crippen molar-refractivity contribution in [2.75, 3.05) is 12.0 Å². The number of benzene rings is 1. The van der Waals surface area contributed by atoms with Crippen molar-refractivity contribution in [3.8, 4) is 17.2 Å². The Morgan fingerprint density at radius 1 is 1.18 bits per heavy atom. The predicted octanol–water partition coefficient (Wildman–Crippen LogP) is 2.42. The van der Waals surface area contributed by atoms with Gasteiger partial charge in [-0.25, -0.2) is 4.99 Å². The van der Waals surface area contributed by atoms with Crippen molar-refractivity contribution < 1.29 is 9.15 Å². The molecule has 2 aliphatic rings. The number of aliphatic imine (C=N–C) groups is 2. The summed E-state index contributed by atoms with van der Waals surface area (Å²) in [7, 11) is 1.63. The molecule has 0 radical (unpaired) electrons. The van der Waals surface area contributed by atoms with E-state index in [2.05, 4.69) is 15.2 Å². The fourth-order valence-electron chi connectivity index (χ4n) is 3.98. The number of methoxy groups -OCH3 is 1. The van der Waals surface area contributed by atoms with Gasteiger partial charge >= 0.3 is 0 Å². The average Bonchev–Trinajstić information content (AvgIpc) is 3.17. The van der Waals surface area contributed by atoms with Crippen LogP contribution in [-0.2, 0) is 6.42 Å². The van der Waals surface area contributed by atoms with Crippen molar-refractivity contribution in [1.82, 2.24) is 10.2 Å². The fourth-order valence-corrected chi connectivity index (χ4v) is 3.98. The van der Waals surface area contributed by atoms with Crippen molar-refractivity contribution >= 4 is 17.6 Å². The van der Waals surface area contributed by atoms with Crippen molar-refractivity contribution in [3.05, 3.63) is 24.1 Å². The van der Waals surface area contributed by atoms with Crippen LogP contribution in [0.25, 0.3) is 11.5 Å². The molecule has 1 saturated carbocycles. The van der Waals surface area contributed by atoms with Gasteiger partial charge in [0.15, 0.2) is 0 Å². The van der Waals surface area contributed by atoms with Crippen LogP contribution < -0.4 is 21.1 Å². The summed E-state index contributed by atoms with van der Waals surface area (Å²) in [4.78, 5) is 10.9. The lowest BCUT2D eigenvalue weighted by molar-refractivity contribution is 0.303. The van der Waals surface area contributed by atoms with Crippen LogP contribution >= 0.6 is 0 Å². The van der Waals surface area contributed by atoms with Crippen LogP contribution in [-0.4, -0.2) is 34.9 Å². The van der Waals surface area contributed by atoms with E-state index in [1.165, 1.54) is 6.42 Å². The van der Waals surface area contributed by atoms with Crippen LogP contribution in [0.4, 0.5) is 5.69 Å². The Labute approximate surface area is 163 Å². The lowest BCUT2D eigenvalue weighted by atomic mass is 9.87. The largest absolute Gasteiger partial charge is 0.495 e. The molecular weight excluding hydrogens is 358 g/mol. The zero-order valence-electron chi connectivity index (χ0n) is 16.2. The normalized spacial score (nSPS) is 18.7. The number of nitrogens with two attached hydrogens (primary N) is 2. The smallest absolute Gasteiger partial charge is 0.247 e. The minimum atomic E-state index is -0.552. The molecule has 1 fully saturated rings. The van der Waals surface area contributed by atoms with Crippen molar-refractivity contribution in [3.63, 3.8) is 0 Å². The molecule has 2 heterocycles. The summed E-state index contributed by atoms with van der Waals surface area (Å²) in [5.74, 6) is 2.24. The zero-order chi connectivity index (χ0) is 19.7. The lowest BCUT2D eigenvalue weighted by Gasteiger charge is -2.45. The summed E-state index contributed by atoms with van der Waals surface area (Å²) in [6.07, 6.45) is 5.63. The quantitative estimate of drug-likeness (QED) is 0.829. The summed E-state index contributed by atoms with van der Waals surface area (Å²) in [6.45, 7) is 1.97. The molecule has 1 aliphatic carbocycles. The third kappa shape index (κ3) is 3.06. The molecule has 0 amide bonds. The van der Waals surface area contributed by atoms with Crippen LogP contribution in [0.2, 0.25) is 0 Å². The average molecular weight is 383 g/mol. The second-order valence-corrected chi connectivity index (χ2v) is 7.06. The van der Waals surface area contributed by atoms with Gasteiger partial charge in [0.25, 0.3) is 0 Å². The van der Waals surface area contributed by atoms with Gasteiger partial charge in [-0.2, -0.15) is 4.99 Å². The highest BCUT2D eigenvalue weighted by Crippen LogP contribution is 2.43. The summed E-state index contributed by atoms with van der Waals surface area (Å²) >= 11 is 0. The topological polar surface area (TPSA) is 128 Å². The van der Waals surface area contributed by atoms with Gasteiger partial charge in [-0.05, 0) is 43.9 Å². The van der Waals surface area contributed by atoms with Crippen molar-refractivity contribution in [2.24, 2.45) is 21.5 Å². The number of guanidine groups is 2. The Morgan fingerprint density at radius 3 is 2.64 bits per heavy atom. The highest BCUT2D eigenvalue weighted by atomic mass is 16.5. The van der Waals surface area contributed by atoms with Crippen LogP contribution in [0.3, 0.4) is 0 Å². The van der Waals surface area contributed by atoms with E-state index >= 15 is 0 Å². The summed E-state index contributed by atoms with van der Waals surface area (Å²) in [5.41, 5.74) is 13.3. The molecule has 1 aromatic heterocycles. The van der Waals surface area contributed by atoms with Crippen molar-refractivity contribution in [1.29, 1.82) is 0 Å². The molecule has 4 N–H and O–H groups in total. The summed E-state index contributed by atoms with van der Waals surface area (Å²) < 4.78 is 11.4. The number of ether oxygens (including phenoxy) is 1. The molecule has 0 saturated heterocycles. The Morgan fingerprint density at radius 2 is 1.96 bits per heavy atom. The van der Waals surface area contributed by atoms with Gasteiger partial charge in [-0.3, -0.25) is 4.90 Å². The van der Waals surface area contributed by atoms with Gasteiger partial charge in [-0.15, -0.1) is 10.2 Å². The molecule has 148 valence electrons. The molecule has 0 unspecified atom stereocenters. The number of aromatic nitrogens is 2. The molecule has 0 bridgehead atoms. The number of rotatable bonds is 4. The lowest BCUT2D eigenvalue weighted by Crippen LogP contribution is -2.58. The second kappa shape index (κ2) is 7.14. The summed E-state index contributed by atoms with van der Waals surface area (Å²) in [5, 5.41) is 8.20. The molecule has 9 heteroatoms. The summed E-state index contributed by atoms with van der Waals surface area (Å²) in [6, 6.07) is 5.69. The maximum atomic E-state index is 6.35. The van der Waals surface area contributed by atoms with Gasteiger partial charge in [0.05, 0.1) is 12.8 Å². The SMILES string of the molecule is CCc1nnc(-c2ccc(OC)c(N3C(N)=NC(N)=NC34CCCCC4)c2)o1. The molecule has 28 heavy (non-hydrogen) atoms. The van der Waals surface area contributed by atoms with E-state index in [4.69, 9.17) is 25.6 Å². The van der Waals surface area contributed by atoms with E-state index in [1.807, 2.05) is 30.0 Å². The van der Waals surface area contributed by atoms with Gasteiger partial charge in [-0.1, -0.05) is 13.3 Å². The minimum absolute atomic E-state index is 0.218. The Balaban J connectivity index is 1.83. The number of hydrogen-bond donors (Lipinski definition) is 2. The van der Waals surface area contributed by atoms with Crippen LogP contribution in [0.5, 0.6) is 5.75 Å². The zero-order valence-corrected chi connectivity index (χ0v) is 16.2. The van der Waals surface area contributed by atoms with Gasteiger partial charge in [0.1, 0.15) is 11.4 Å². The molecule has 1 aromatic carbocycles. The van der Waals surface area contributed by atoms with Gasteiger partial charge < -0.3 is 20.6 Å². The first kappa shape index (κ1) is 18.3. The molecular formula is C19H25N7O2. The van der Waals surface area contributed by atoms with Crippen LogP contribution in [0.1, 0.15) is 44.9 Å². The molecule has 1 spiro atoms. The number of aryl methyl sites for hydroxylation is 1. The Kier molecular flexibility index (Phi) is 4.66. The maximum absolute atomic E-state index is 6.35. The van der Waals surface area contributed by atoms with E-state index in [1.54, 1.807) is 7.11 Å². The third-order valence-electron chi connectivity index (χ3n) is 5.29. The first-order chi connectivity index (χ1) is 13.6. The highest BCUT2D eigenvalue weighted by Gasteiger charge is 2.43. The highest BCUT2D eigenvalue weighted by molar-refractivity contribution is 6.06. The van der Waals surface area contributed by atoms with Crippen LogP contribution in [0.15, 0.2) is 32.6 Å². The monoisotopic (exact) mass is 383 g/mol. The molecule has 4 rings (SSSR count). The first-order valence-corrected chi connectivity index (χ1v) is 9.57. The van der Waals surface area contributed by atoms with Crippen molar-refractivity contribution in [2.45, 2.75) is 51.1 Å². The third-order valence-corrected chi connectivity index (χ3v) is 5.29. The van der Waals surface area contributed by atoms with E-state index < -0.39 is 5.66 Å². The van der Waals surface area contributed by atoms with E-state index in [9.17, 15) is 0 Å². The van der Waals surface area contributed by atoms with E-state index in [0.717, 1.165) is 36.9 Å². The number of nitrogens with zero attached hydrogens (tertiary/aromatic N) is 5. The predicted molar refractivity (Wildman–Crippen MR) is 107 cm³/mol. The van der Waals surface area contributed by atoms with Gasteiger partial charge in [0, 0.05) is 12.0 Å². The van der Waals surface area contributed by atoms with Crippen LogP contribution in [0, 0.1) is 0 Å². The first-order valence-electron chi connectivity index (χ1n) is 9.57. The Hall–Kier alpha value is -3.10. The second-order valence-electron chi connectivity index (χ2n) is 7.06. The molecule has 0 atom stereocenters. The number of anilines is 1. The molecule has 9 nitrogen and oxygen atoms in total. The van der Waals surface area contributed by atoms with E-state index in [-0.39, 0.29) is 5.96 Å². The standard InChI is InChI=1S/C19H25N7O2/c1-3-15-24-25-16(28-15)12-7-8-14(27-2)13(11-12)26-18(21)22-17(20)23-19(26)9-5-4-6-10-19/h7-8,11H,3-6,9-10H2,1-2H3,(H4,20,21,22,23). The van der Waals surface area contributed by atoms with E-state index in [0.29, 0.717) is 29.9 Å². The Bertz CT molecular complexity index is 928. The maximum Gasteiger partial charge on any atom is 0.247 e.